The summed E-state index contributed by atoms with van der Waals surface area (Å²) < 4.78 is 16.7. The summed E-state index contributed by atoms with van der Waals surface area (Å²) in [6.07, 6.45) is 76.1. The summed E-state index contributed by atoms with van der Waals surface area (Å²) in [5, 5.41) is 0. The molecule has 1 unspecified atom stereocenters. The van der Waals surface area contributed by atoms with Crippen LogP contribution >= 0.6 is 0 Å². The molecule has 0 N–H and O–H groups in total. The van der Waals surface area contributed by atoms with Crippen LogP contribution in [0.15, 0.2) is 134 Å². The van der Waals surface area contributed by atoms with Gasteiger partial charge < -0.3 is 14.2 Å². The lowest BCUT2D eigenvalue weighted by atomic mass is 10.1. The number of carbonyl (C=O) groups excluding carboxylic acids is 3. The predicted molar refractivity (Wildman–Crippen MR) is 288 cm³/mol. The van der Waals surface area contributed by atoms with Gasteiger partial charge in [0.25, 0.3) is 0 Å². The van der Waals surface area contributed by atoms with Crippen molar-refractivity contribution in [3.8, 4) is 0 Å². The van der Waals surface area contributed by atoms with Gasteiger partial charge in [-0.15, -0.1) is 0 Å². The summed E-state index contributed by atoms with van der Waals surface area (Å²) in [5.41, 5.74) is 0. The Morgan fingerprint density at radius 3 is 1.10 bits per heavy atom. The molecule has 0 spiro atoms. The summed E-state index contributed by atoms with van der Waals surface area (Å²) >= 11 is 0. The highest BCUT2D eigenvalue weighted by Crippen LogP contribution is 2.13. The minimum absolute atomic E-state index is 0.111. The molecule has 0 saturated heterocycles. The van der Waals surface area contributed by atoms with Gasteiger partial charge in [-0.2, -0.15) is 0 Å². The number of rotatable bonds is 46. The van der Waals surface area contributed by atoms with E-state index in [1.165, 1.54) is 77.0 Å². The first-order chi connectivity index (χ1) is 33.0. The molecule has 0 saturated carbocycles. The van der Waals surface area contributed by atoms with Crippen molar-refractivity contribution in [2.24, 2.45) is 0 Å². The Labute approximate surface area is 411 Å². The fraction of sp³-hybridized carbons (Fsp3) is 0.590. The Balaban J connectivity index is 4.61. The predicted octanol–water partition coefficient (Wildman–Crippen LogP) is 17.9. The van der Waals surface area contributed by atoms with Gasteiger partial charge in [0, 0.05) is 12.8 Å². The molecule has 0 aliphatic rings. The topological polar surface area (TPSA) is 78.9 Å². The van der Waals surface area contributed by atoms with Crippen molar-refractivity contribution in [2.75, 3.05) is 13.2 Å². The molecule has 0 aromatic carbocycles. The third-order valence-corrected chi connectivity index (χ3v) is 10.7. The highest BCUT2D eigenvalue weighted by atomic mass is 16.6. The fourth-order valence-corrected chi connectivity index (χ4v) is 6.72. The van der Waals surface area contributed by atoms with E-state index in [0.717, 1.165) is 89.9 Å². The lowest BCUT2D eigenvalue weighted by Crippen LogP contribution is -2.30. The zero-order valence-electron chi connectivity index (χ0n) is 42.9. The van der Waals surface area contributed by atoms with E-state index in [1.807, 2.05) is 6.08 Å². The van der Waals surface area contributed by atoms with E-state index < -0.39 is 12.1 Å². The summed E-state index contributed by atoms with van der Waals surface area (Å²) in [6.45, 7) is 6.25. The van der Waals surface area contributed by atoms with E-state index in [2.05, 4.69) is 142 Å². The van der Waals surface area contributed by atoms with E-state index in [0.29, 0.717) is 6.42 Å². The molecule has 0 amide bonds. The Morgan fingerprint density at radius 1 is 0.328 bits per heavy atom. The normalized spacial score (nSPS) is 13.2. The summed E-state index contributed by atoms with van der Waals surface area (Å²) in [7, 11) is 0. The van der Waals surface area contributed by atoms with Crippen LogP contribution < -0.4 is 0 Å². The van der Waals surface area contributed by atoms with Gasteiger partial charge in [-0.1, -0.05) is 219 Å². The van der Waals surface area contributed by atoms with E-state index >= 15 is 0 Å². The van der Waals surface area contributed by atoms with Crippen LogP contribution in [0.2, 0.25) is 0 Å². The van der Waals surface area contributed by atoms with E-state index in [9.17, 15) is 14.4 Å². The zero-order chi connectivity index (χ0) is 48.6. The lowest BCUT2D eigenvalue weighted by molar-refractivity contribution is -0.166. The van der Waals surface area contributed by atoms with Crippen molar-refractivity contribution in [2.45, 2.75) is 219 Å². The van der Waals surface area contributed by atoms with Crippen molar-refractivity contribution in [3.63, 3.8) is 0 Å². The Morgan fingerprint density at radius 2 is 0.657 bits per heavy atom. The number of allylic oxidation sites excluding steroid dienone is 21. The second-order valence-corrected chi connectivity index (χ2v) is 17.0. The molecule has 0 aromatic heterocycles. The minimum Gasteiger partial charge on any atom is -0.462 e. The third kappa shape index (κ3) is 52.4. The van der Waals surface area contributed by atoms with Gasteiger partial charge in [0.05, 0.1) is 6.42 Å². The van der Waals surface area contributed by atoms with Crippen molar-refractivity contribution in [1.82, 2.24) is 0 Å². The standard InChI is InChI=1S/C61H96O6/c1-4-7-10-13-16-19-22-25-28-30-33-36-39-42-45-48-51-54-60(63)66-57-58(56-65-59(62)53-50-47-44-41-38-35-32-27-24-21-18-15-12-9-6-3)67-61(64)55-52-49-46-43-40-37-34-31-29-26-23-20-17-14-11-8-5-2/h7,9-10,12,16,18-19,21,25-29,32-33,36,38,41-42,45,47,50,58H,4-6,8,11,13-15,17,20,22-24,30-31,34-35,37,39-40,43-44,46,48-49,51-57H2,1-3H3/b10-7-,12-9-,19-16-,21-18-,28-25-,29-26-,32-27-,36-33-,41-38-,45-42-,50-47-. The van der Waals surface area contributed by atoms with Gasteiger partial charge in [0.1, 0.15) is 13.2 Å². The molecule has 0 rings (SSSR count). The van der Waals surface area contributed by atoms with Gasteiger partial charge in [0.15, 0.2) is 6.10 Å². The van der Waals surface area contributed by atoms with E-state index in [4.69, 9.17) is 14.2 Å². The SMILES string of the molecule is CC/C=C\C/C=C\C/C=C\C/C=C\C/C=C\CCCC(=O)OCC(COC(=O)C/C=C\C/C=C\C/C=C\C/C=C\C/C=C\CC)OC(=O)CCCCCCCCC/C=C\CCCCCCCC. The first kappa shape index (κ1) is 62.5. The molecule has 0 bridgehead atoms. The molecule has 376 valence electrons. The highest BCUT2D eigenvalue weighted by molar-refractivity contribution is 5.72. The van der Waals surface area contributed by atoms with Gasteiger partial charge in [-0.05, 0) is 109 Å². The molecule has 6 nitrogen and oxygen atoms in total. The van der Waals surface area contributed by atoms with E-state index in [-0.39, 0.29) is 44.4 Å². The smallest absolute Gasteiger partial charge is 0.309 e. The van der Waals surface area contributed by atoms with Crippen LogP contribution in [0.5, 0.6) is 0 Å². The molecular weight excluding hydrogens is 829 g/mol. The van der Waals surface area contributed by atoms with Gasteiger partial charge in [-0.25, -0.2) is 0 Å². The van der Waals surface area contributed by atoms with Crippen LogP contribution in [-0.4, -0.2) is 37.2 Å². The van der Waals surface area contributed by atoms with Crippen LogP contribution in [0.4, 0.5) is 0 Å². The van der Waals surface area contributed by atoms with Gasteiger partial charge in [-0.3, -0.25) is 14.4 Å². The maximum Gasteiger partial charge on any atom is 0.309 e. The summed E-state index contributed by atoms with van der Waals surface area (Å²) in [5.74, 6) is -1.14. The molecule has 1 atom stereocenters. The lowest BCUT2D eigenvalue weighted by Gasteiger charge is -2.18. The second kappa shape index (κ2) is 54.2. The first-order valence-electron chi connectivity index (χ1n) is 26.7. The van der Waals surface area contributed by atoms with Gasteiger partial charge in [0.2, 0.25) is 0 Å². The van der Waals surface area contributed by atoms with Crippen molar-refractivity contribution in [1.29, 1.82) is 0 Å². The Bertz CT molecular complexity index is 1480. The average molecular weight is 925 g/mol. The summed E-state index contributed by atoms with van der Waals surface area (Å²) in [6, 6.07) is 0. The van der Waals surface area contributed by atoms with Gasteiger partial charge >= 0.3 is 17.9 Å². The van der Waals surface area contributed by atoms with Crippen LogP contribution in [-0.2, 0) is 28.6 Å². The van der Waals surface area contributed by atoms with Crippen LogP contribution in [0.25, 0.3) is 0 Å². The Kier molecular flexibility index (Phi) is 50.6. The average Bonchev–Trinajstić information content (AvgIpc) is 3.33. The van der Waals surface area contributed by atoms with Crippen molar-refractivity contribution in [3.05, 3.63) is 134 Å². The van der Waals surface area contributed by atoms with Crippen molar-refractivity contribution >= 4 is 17.9 Å². The fourth-order valence-electron chi connectivity index (χ4n) is 6.72. The number of carbonyl (C=O) groups is 3. The molecule has 0 aromatic rings. The molecule has 0 aliphatic carbocycles. The zero-order valence-corrected chi connectivity index (χ0v) is 42.9. The highest BCUT2D eigenvalue weighted by Gasteiger charge is 2.19. The largest absolute Gasteiger partial charge is 0.462 e. The maximum absolute atomic E-state index is 12.8. The molecule has 67 heavy (non-hydrogen) atoms. The van der Waals surface area contributed by atoms with Crippen LogP contribution in [0.3, 0.4) is 0 Å². The second-order valence-electron chi connectivity index (χ2n) is 17.0. The monoisotopic (exact) mass is 925 g/mol. The molecule has 0 aliphatic heterocycles. The number of hydrogen-bond acceptors (Lipinski definition) is 6. The molecular formula is C61H96O6. The van der Waals surface area contributed by atoms with E-state index in [1.54, 1.807) is 6.08 Å². The van der Waals surface area contributed by atoms with Crippen molar-refractivity contribution < 1.29 is 28.6 Å². The molecule has 6 heteroatoms. The number of esters is 3. The molecule has 0 heterocycles. The maximum atomic E-state index is 12.8. The first-order valence-corrected chi connectivity index (χ1v) is 26.7. The summed E-state index contributed by atoms with van der Waals surface area (Å²) in [4.78, 5) is 38.0. The molecule has 0 fully saturated rings. The quantitative estimate of drug-likeness (QED) is 0.0262. The third-order valence-electron chi connectivity index (χ3n) is 10.7. The molecule has 0 radical (unpaired) electrons. The number of hydrogen-bond donors (Lipinski definition) is 0. The van der Waals surface area contributed by atoms with Crippen LogP contribution in [0.1, 0.15) is 213 Å². The minimum atomic E-state index is -0.848. The number of ether oxygens (including phenoxy) is 3. The number of unbranched alkanes of at least 4 members (excludes halogenated alkanes) is 14. The Hall–Kier alpha value is -4.45. The van der Waals surface area contributed by atoms with Crippen LogP contribution in [0, 0.1) is 0 Å².